The zero-order valence-electron chi connectivity index (χ0n) is 8.87. The van der Waals surface area contributed by atoms with Gasteiger partial charge < -0.3 is 16.2 Å². The van der Waals surface area contributed by atoms with Crippen LogP contribution in [-0.4, -0.2) is 30.3 Å². The van der Waals surface area contributed by atoms with Gasteiger partial charge in [-0.05, 0) is 18.8 Å². The second kappa shape index (κ2) is 5.86. The molecule has 1 saturated carbocycles. The minimum atomic E-state index is 0.167. The highest BCUT2D eigenvalue weighted by atomic mass is 16.3. The second-order valence-electron chi connectivity index (χ2n) is 4.14. The first-order valence-electron chi connectivity index (χ1n) is 5.39. The third-order valence-electron chi connectivity index (χ3n) is 2.59. The Morgan fingerprint density at radius 2 is 2.21 bits per heavy atom. The molecule has 4 N–H and O–H groups in total. The molecule has 0 radical (unpaired) electrons. The van der Waals surface area contributed by atoms with E-state index in [1.807, 2.05) is 6.92 Å². The third-order valence-corrected chi connectivity index (χ3v) is 2.59. The zero-order chi connectivity index (χ0) is 10.4. The van der Waals surface area contributed by atoms with Crippen LogP contribution in [0.1, 0.15) is 32.6 Å². The summed E-state index contributed by atoms with van der Waals surface area (Å²) in [5, 5.41) is 12.0. The number of rotatable bonds is 4. The quantitative estimate of drug-likeness (QED) is 0.455. The van der Waals surface area contributed by atoms with Gasteiger partial charge in [0.15, 0.2) is 5.96 Å². The number of aliphatic hydroxyl groups is 1. The van der Waals surface area contributed by atoms with E-state index in [1.165, 1.54) is 25.7 Å². The van der Waals surface area contributed by atoms with Gasteiger partial charge in [-0.3, -0.25) is 4.99 Å². The number of hydrogen-bond acceptors (Lipinski definition) is 2. The number of nitrogens with zero attached hydrogens (tertiary/aromatic N) is 1. The molecule has 1 unspecified atom stereocenters. The summed E-state index contributed by atoms with van der Waals surface area (Å²) in [4.78, 5) is 4.18. The minimum Gasteiger partial charge on any atom is -0.396 e. The van der Waals surface area contributed by atoms with Gasteiger partial charge in [0, 0.05) is 19.2 Å². The van der Waals surface area contributed by atoms with Gasteiger partial charge in [0.1, 0.15) is 0 Å². The summed E-state index contributed by atoms with van der Waals surface area (Å²) >= 11 is 0. The van der Waals surface area contributed by atoms with Crippen LogP contribution in [0.25, 0.3) is 0 Å². The SMILES string of the molecule is CC(CO)CN=C(N)NC1CCCC1. The van der Waals surface area contributed by atoms with Crippen molar-refractivity contribution in [3.05, 3.63) is 0 Å². The molecule has 0 heterocycles. The minimum absolute atomic E-state index is 0.167. The lowest BCUT2D eigenvalue weighted by Crippen LogP contribution is -2.38. The van der Waals surface area contributed by atoms with Gasteiger partial charge in [-0.15, -0.1) is 0 Å². The van der Waals surface area contributed by atoms with Crippen molar-refractivity contribution >= 4 is 5.96 Å². The lowest BCUT2D eigenvalue weighted by atomic mass is 10.2. The Morgan fingerprint density at radius 1 is 1.57 bits per heavy atom. The maximum absolute atomic E-state index is 8.80. The molecule has 0 aliphatic heterocycles. The standard InChI is InChI=1S/C10H21N3O/c1-8(7-14)6-12-10(11)13-9-4-2-3-5-9/h8-9,14H,2-7H2,1H3,(H3,11,12,13). The smallest absolute Gasteiger partial charge is 0.188 e. The molecular weight excluding hydrogens is 178 g/mol. The van der Waals surface area contributed by atoms with Crippen molar-refractivity contribution in [2.24, 2.45) is 16.6 Å². The van der Waals surface area contributed by atoms with E-state index in [-0.39, 0.29) is 12.5 Å². The average Bonchev–Trinajstić information content (AvgIpc) is 2.66. The molecule has 1 fully saturated rings. The second-order valence-corrected chi connectivity index (χ2v) is 4.14. The number of nitrogens with one attached hydrogen (secondary N) is 1. The summed E-state index contributed by atoms with van der Waals surface area (Å²) in [6.07, 6.45) is 4.98. The molecule has 0 saturated heterocycles. The van der Waals surface area contributed by atoms with Crippen molar-refractivity contribution in [1.82, 2.24) is 5.32 Å². The number of guanidine groups is 1. The van der Waals surface area contributed by atoms with Crippen molar-refractivity contribution < 1.29 is 5.11 Å². The topological polar surface area (TPSA) is 70.6 Å². The summed E-state index contributed by atoms with van der Waals surface area (Å²) in [6.45, 7) is 2.72. The molecule has 0 aromatic rings. The fourth-order valence-corrected chi connectivity index (χ4v) is 1.64. The predicted octanol–water partition coefficient (Wildman–Crippen LogP) is 0.462. The van der Waals surface area contributed by atoms with Crippen molar-refractivity contribution in [1.29, 1.82) is 0 Å². The van der Waals surface area contributed by atoms with Crippen LogP contribution >= 0.6 is 0 Å². The van der Waals surface area contributed by atoms with Crippen LogP contribution in [0.15, 0.2) is 4.99 Å². The van der Waals surface area contributed by atoms with Crippen LogP contribution in [0.4, 0.5) is 0 Å². The monoisotopic (exact) mass is 199 g/mol. The molecule has 4 nitrogen and oxygen atoms in total. The van der Waals surface area contributed by atoms with Crippen molar-refractivity contribution in [3.8, 4) is 0 Å². The molecule has 1 aliphatic carbocycles. The lowest BCUT2D eigenvalue weighted by molar-refractivity contribution is 0.241. The number of nitrogens with two attached hydrogens (primary N) is 1. The van der Waals surface area contributed by atoms with E-state index in [4.69, 9.17) is 10.8 Å². The van der Waals surface area contributed by atoms with Crippen LogP contribution in [-0.2, 0) is 0 Å². The molecule has 82 valence electrons. The van der Waals surface area contributed by atoms with Gasteiger partial charge >= 0.3 is 0 Å². The van der Waals surface area contributed by atoms with Gasteiger partial charge in [-0.25, -0.2) is 0 Å². The Morgan fingerprint density at radius 3 is 2.79 bits per heavy atom. The van der Waals surface area contributed by atoms with Gasteiger partial charge in [0.25, 0.3) is 0 Å². The number of aliphatic imine (C=N–C) groups is 1. The fourth-order valence-electron chi connectivity index (χ4n) is 1.64. The Hall–Kier alpha value is -0.770. The predicted molar refractivity (Wildman–Crippen MR) is 58.1 cm³/mol. The summed E-state index contributed by atoms with van der Waals surface area (Å²) in [7, 11) is 0. The Kier molecular flexibility index (Phi) is 4.73. The fraction of sp³-hybridized carbons (Fsp3) is 0.900. The Balaban J connectivity index is 2.21. The van der Waals surface area contributed by atoms with Gasteiger partial charge in [-0.2, -0.15) is 0 Å². The Labute approximate surface area is 85.6 Å². The van der Waals surface area contributed by atoms with Crippen LogP contribution in [0, 0.1) is 5.92 Å². The van der Waals surface area contributed by atoms with Crippen LogP contribution < -0.4 is 11.1 Å². The first-order chi connectivity index (χ1) is 6.72. The third kappa shape index (κ3) is 3.96. The lowest BCUT2D eigenvalue weighted by Gasteiger charge is -2.12. The normalized spacial score (nSPS) is 21.1. The van der Waals surface area contributed by atoms with Crippen LogP contribution in [0.5, 0.6) is 0 Å². The molecule has 4 heteroatoms. The molecule has 0 bridgehead atoms. The molecule has 0 aromatic carbocycles. The molecule has 1 aliphatic rings. The molecule has 1 rings (SSSR count). The van der Waals surface area contributed by atoms with E-state index in [9.17, 15) is 0 Å². The van der Waals surface area contributed by atoms with E-state index in [0.29, 0.717) is 18.5 Å². The first-order valence-corrected chi connectivity index (χ1v) is 5.39. The number of hydrogen-bond donors (Lipinski definition) is 3. The summed E-state index contributed by atoms with van der Waals surface area (Å²) in [5.74, 6) is 0.719. The number of aliphatic hydroxyl groups excluding tert-OH is 1. The van der Waals surface area contributed by atoms with Crippen molar-refractivity contribution in [3.63, 3.8) is 0 Å². The first kappa shape index (κ1) is 11.3. The molecule has 0 aromatic heterocycles. The van der Waals surface area contributed by atoms with Crippen LogP contribution in [0.3, 0.4) is 0 Å². The summed E-state index contributed by atoms with van der Waals surface area (Å²) < 4.78 is 0. The molecule has 0 spiro atoms. The molecular formula is C10H21N3O. The van der Waals surface area contributed by atoms with Gasteiger partial charge in [0.05, 0.1) is 0 Å². The maximum atomic E-state index is 8.80. The largest absolute Gasteiger partial charge is 0.396 e. The summed E-state index contributed by atoms with van der Waals surface area (Å²) in [6, 6.07) is 0.517. The molecule has 14 heavy (non-hydrogen) atoms. The molecule has 1 atom stereocenters. The van der Waals surface area contributed by atoms with E-state index in [2.05, 4.69) is 10.3 Å². The van der Waals surface area contributed by atoms with Gasteiger partial charge in [0.2, 0.25) is 0 Å². The van der Waals surface area contributed by atoms with E-state index in [1.54, 1.807) is 0 Å². The average molecular weight is 199 g/mol. The van der Waals surface area contributed by atoms with E-state index < -0.39 is 0 Å². The highest BCUT2D eigenvalue weighted by Gasteiger charge is 2.14. The van der Waals surface area contributed by atoms with Crippen LogP contribution in [0.2, 0.25) is 0 Å². The highest BCUT2D eigenvalue weighted by molar-refractivity contribution is 5.78. The Bertz CT molecular complexity index is 188. The van der Waals surface area contributed by atoms with E-state index >= 15 is 0 Å². The van der Waals surface area contributed by atoms with E-state index in [0.717, 1.165) is 0 Å². The summed E-state index contributed by atoms with van der Waals surface area (Å²) in [5.41, 5.74) is 5.71. The highest BCUT2D eigenvalue weighted by Crippen LogP contribution is 2.17. The van der Waals surface area contributed by atoms with Gasteiger partial charge in [-0.1, -0.05) is 19.8 Å². The van der Waals surface area contributed by atoms with Crippen molar-refractivity contribution in [2.45, 2.75) is 38.6 Å². The maximum Gasteiger partial charge on any atom is 0.188 e. The zero-order valence-corrected chi connectivity index (χ0v) is 8.87. The molecule has 0 amide bonds. The van der Waals surface area contributed by atoms with Crippen molar-refractivity contribution in [2.75, 3.05) is 13.2 Å².